The van der Waals surface area contributed by atoms with Gasteiger partial charge < -0.3 is 38.6 Å². The van der Waals surface area contributed by atoms with Crippen LogP contribution in [-0.2, 0) is 47.6 Å². The zero-order valence-electron chi connectivity index (χ0n) is 24.4. The van der Waals surface area contributed by atoms with Gasteiger partial charge in [0.1, 0.15) is 24.4 Å². The predicted octanol–water partition coefficient (Wildman–Crippen LogP) is 2.60. The summed E-state index contributed by atoms with van der Waals surface area (Å²) in [5.74, 6) is -4.57. The Hall–Kier alpha value is -3.84. The van der Waals surface area contributed by atoms with Gasteiger partial charge in [-0.2, -0.15) is 0 Å². The summed E-state index contributed by atoms with van der Waals surface area (Å²) < 4.78 is 34.7. The molecular formula is C32H36O12. The first-order valence-corrected chi connectivity index (χ1v) is 14.7. The van der Waals surface area contributed by atoms with E-state index in [1.54, 1.807) is 60.7 Å². The van der Waals surface area contributed by atoms with E-state index in [4.69, 9.17) is 28.4 Å². The molecule has 3 aliphatic rings. The summed E-state index contributed by atoms with van der Waals surface area (Å²) in [6, 6.07) is 16.4. The second-order valence-corrected chi connectivity index (χ2v) is 11.2. The molecule has 1 spiro atoms. The van der Waals surface area contributed by atoms with Gasteiger partial charge in [0.15, 0.2) is 18.0 Å². The maximum atomic E-state index is 13.4. The summed E-state index contributed by atoms with van der Waals surface area (Å²) in [4.78, 5) is 50.6. The Balaban J connectivity index is 1.43. The van der Waals surface area contributed by atoms with Gasteiger partial charge in [0, 0.05) is 37.8 Å². The van der Waals surface area contributed by atoms with Gasteiger partial charge in [-0.05, 0) is 12.8 Å². The van der Waals surface area contributed by atoms with Crippen LogP contribution in [0.5, 0.6) is 0 Å². The summed E-state index contributed by atoms with van der Waals surface area (Å²) in [7, 11) is 0. The van der Waals surface area contributed by atoms with Gasteiger partial charge in [0.25, 0.3) is 0 Å². The van der Waals surface area contributed by atoms with Gasteiger partial charge in [-0.1, -0.05) is 67.1 Å². The highest BCUT2D eigenvalue weighted by Gasteiger charge is 2.63. The van der Waals surface area contributed by atoms with Crippen molar-refractivity contribution in [1.82, 2.24) is 0 Å². The van der Waals surface area contributed by atoms with Crippen LogP contribution in [0.15, 0.2) is 60.7 Å². The fourth-order valence-electron chi connectivity index (χ4n) is 6.03. The molecule has 1 saturated heterocycles. The zero-order valence-corrected chi connectivity index (χ0v) is 24.4. The number of aliphatic hydroxyl groups is 2. The zero-order chi connectivity index (χ0) is 31.4. The second kappa shape index (κ2) is 13.4. The highest BCUT2D eigenvalue weighted by molar-refractivity contribution is 5.81. The Kier molecular flexibility index (Phi) is 9.64. The van der Waals surface area contributed by atoms with Crippen LogP contribution in [0.1, 0.15) is 69.3 Å². The number of fused-ring (bicyclic) bond motifs is 1. The van der Waals surface area contributed by atoms with E-state index in [1.807, 2.05) is 0 Å². The summed E-state index contributed by atoms with van der Waals surface area (Å²) >= 11 is 0. The molecule has 1 aliphatic heterocycles. The molecule has 2 saturated carbocycles. The molecule has 8 atom stereocenters. The van der Waals surface area contributed by atoms with E-state index in [0.717, 1.165) is 33.1 Å². The lowest BCUT2D eigenvalue weighted by Gasteiger charge is -2.42. The van der Waals surface area contributed by atoms with E-state index in [0.29, 0.717) is 24.0 Å². The van der Waals surface area contributed by atoms with Crippen molar-refractivity contribution in [2.75, 3.05) is 0 Å². The third-order valence-electron chi connectivity index (χ3n) is 8.02. The smallest absolute Gasteiger partial charge is 0.352 e. The third-order valence-corrected chi connectivity index (χ3v) is 8.02. The number of rotatable bonds is 8. The highest BCUT2D eigenvalue weighted by Crippen LogP contribution is 2.46. The maximum absolute atomic E-state index is 13.4. The number of ether oxygens (including phenoxy) is 6. The van der Waals surface area contributed by atoms with Crippen LogP contribution in [0.2, 0.25) is 0 Å². The standard InChI is InChI=1S/C32H36O12/c1-18(33)39-24(20-12-6-3-7-13-20)30(37)41-26-22(35)23(36)27(29-28(26)43-32(44-29)16-10-5-11-17-32)42-31(38)25(40-19(2)34)21-14-8-4-9-15-21/h3-4,6-9,12-15,22-29,35-36H,5,10-11,16-17H2,1-2H3/t22-,23-,24-,25-,26+,27+,28-,29+/m0/s1. The summed E-state index contributed by atoms with van der Waals surface area (Å²) in [5.41, 5.74) is 0.679. The Morgan fingerprint density at radius 3 is 1.43 bits per heavy atom. The average Bonchev–Trinajstić information content (AvgIpc) is 3.37. The summed E-state index contributed by atoms with van der Waals surface area (Å²) in [6.45, 7) is 2.30. The van der Waals surface area contributed by atoms with E-state index in [1.165, 1.54) is 0 Å². The van der Waals surface area contributed by atoms with Gasteiger partial charge in [0.05, 0.1) is 0 Å². The minimum absolute atomic E-state index is 0.340. The van der Waals surface area contributed by atoms with Crippen molar-refractivity contribution in [3.05, 3.63) is 71.8 Å². The van der Waals surface area contributed by atoms with E-state index in [-0.39, 0.29) is 0 Å². The van der Waals surface area contributed by atoms with Crippen LogP contribution in [0.4, 0.5) is 0 Å². The molecule has 3 fully saturated rings. The van der Waals surface area contributed by atoms with E-state index in [9.17, 15) is 29.4 Å². The lowest BCUT2D eigenvalue weighted by molar-refractivity contribution is -0.227. The molecule has 0 unspecified atom stereocenters. The minimum atomic E-state index is -1.79. The van der Waals surface area contributed by atoms with Crippen LogP contribution in [0.25, 0.3) is 0 Å². The Bertz CT molecular complexity index is 1230. The monoisotopic (exact) mass is 612 g/mol. The molecule has 0 amide bonds. The van der Waals surface area contributed by atoms with Gasteiger partial charge in [0.2, 0.25) is 12.2 Å². The molecule has 236 valence electrons. The number of hydrogen-bond acceptors (Lipinski definition) is 12. The van der Waals surface area contributed by atoms with Crippen molar-refractivity contribution in [2.24, 2.45) is 0 Å². The first-order valence-electron chi connectivity index (χ1n) is 14.7. The first kappa shape index (κ1) is 31.6. The van der Waals surface area contributed by atoms with Crippen molar-refractivity contribution in [1.29, 1.82) is 0 Å². The van der Waals surface area contributed by atoms with Gasteiger partial charge in [-0.25, -0.2) is 9.59 Å². The molecule has 0 bridgehead atoms. The summed E-state index contributed by atoms with van der Waals surface area (Å²) in [6.07, 6.45) is -8.25. The average molecular weight is 613 g/mol. The molecule has 2 aromatic rings. The molecular weight excluding hydrogens is 576 g/mol. The molecule has 2 aromatic carbocycles. The third kappa shape index (κ3) is 6.78. The molecule has 12 nitrogen and oxygen atoms in total. The molecule has 0 radical (unpaired) electrons. The Morgan fingerprint density at radius 2 is 1.07 bits per heavy atom. The van der Waals surface area contributed by atoms with Crippen molar-refractivity contribution < 1.29 is 57.8 Å². The Morgan fingerprint density at radius 1 is 0.682 bits per heavy atom. The molecule has 2 N–H and O–H groups in total. The van der Waals surface area contributed by atoms with Crippen LogP contribution in [-0.4, -0.2) is 76.5 Å². The van der Waals surface area contributed by atoms with Gasteiger partial charge in [-0.15, -0.1) is 0 Å². The highest BCUT2D eigenvalue weighted by atomic mass is 16.8. The van der Waals surface area contributed by atoms with Crippen LogP contribution >= 0.6 is 0 Å². The number of carbonyl (C=O) groups excluding carboxylic acids is 4. The number of hydrogen-bond donors (Lipinski definition) is 2. The van der Waals surface area contributed by atoms with Crippen LogP contribution < -0.4 is 0 Å². The Labute approximate surface area is 254 Å². The lowest BCUT2D eigenvalue weighted by atomic mass is 9.84. The van der Waals surface area contributed by atoms with Gasteiger partial charge >= 0.3 is 23.9 Å². The van der Waals surface area contributed by atoms with E-state index >= 15 is 0 Å². The molecule has 5 rings (SSSR count). The molecule has 0 aromatic heterocycles. The van der Waals surface area contributed by atoms with Crippen molar-refractivity contribution >= 4 is 23.9 Å². The number of aliphatic hydroxyl groups excluding tert-OH is 2. The quantitative estimate of drug-likeness (QED) is 0.331. The van der Waals surface area contributed by atoms with Crippen molar-refractivity contribution in [2.45, 2.75) is 101 Å². The fraction of sp³-hybridized carbons (Fsp3) is 0.500. The first-order chi connectivity index (χ1) is 21.1. The number of benzene rings is 2. The van der Waals surface area contributed by atoms with Crippen molar-refractivity contribution in [3.63, 3.8) is 0 Å². The van der Waals surface area contributed by atoms with E-state index in [2.05, 4.69) is 0 Å². The lowest BCUT2D eigenvalue weighted by Crippen LogP contribution is -2.65. The van der Waals surface area contributed by atoms with E-state index < -0.39 is 78.5 Å². The van der Waals surface area contributed by atoms with Crippen LogP contribution in [0, 0.1) is 0 Å². The molecule has 2 aliphatic carbocycles. The molecule has 12 heteroatoms. The van der Waals surface area contributed by atoms with Gasteiger partial charge in [-0.3, -0.25) is 9.59 Å². The predicted molar refractivity (Wildman–Crippen MR) is 149 cm³/mol. The fourth-order valence-corrected chi connectivity index (χ4v) is 6.03. The second-order valence-electron chi connectivity index (χ2n) is 11.2. The number of carbonyl (C=O) groups is 4. The minimum Gasteiger partial charge on any atom is -0.454 e. The number of esters is 4. The summed E-state index contributed by atoms with van der Waals surface area (Å²) in [5, 5.41) is 22.6. The van der Waals surface area contributed by atoms with Crippen molar-refractivity contribution in [3.8, 4) is 0 Å². The largest absolute Gasteiger partial charge is 0.454 e. The maximum Gasteiger partial charge on any atom is 0.352 e. The molecule has 44 heavy (non-hydrogen) atoms. The topological polar surface area (TPSA) is 164 Å². The SMILES string of the molecule is CC(=O)O[C@H](C(=O)O[C@@H]1[C@@H](O)[C@H](O)[C@@H](OC(=O)[C@@H](OC(C)=O)c2ccccc2)[C@H]2OC3(CCCCC3)O[C@H]21)c1ccccc1. The van der Waals surface area contributed by atoms with Crippen LogP contribution in [0.3, 0.4) is 0 Å². The molecule has 1 heterocycles. The normalized spacial score (nSPS) is 28.6.